The number of nitrogens with one attached hydrogen (secondary N) is 1. The maximum Gasteiger partial charge on any atom is 0.216 e. The lowest BCUT2D eigenvalue weighted by atomic mass is 10.2. The highest BCUT2D eigenvalue weighted by molar-refractivity contribution is 7.88. The van der Waals surface area contributed by atoms with E-state index in [9.17, 15) is 12.8 Å². The van der Waals surface area contributed by atoms with Crippen LogP contribution in [0.2, 0.25) is 0 Å². The van der Waals surface area contributed by atoms with E-state index >= 15 is 0 Å². The molecule has 0 unspecified atom stereocenters. The van der Waals surface area contributed by atoms with Crippen molar-refractivity contribution in [3.05, 3.63) is 65.5 Å². The van der Waals surface area contributed by atoms with E-state index in [1.807, 2.05) is 0 Å². The van der Waals surface area contributed by atoms with E-state index in [0.717, 1.165) is 0 Å². The third-order valence-electron chi connectivity index (χ3n) is 2.81. The van der Waals surface area contributed by atoms with Crippen molar-refractivity contribution in [2.45, 2.75) is 12.3 Å². The predicted octanol–water partition coefficient (Wildman–Crippen LogP) is 2.03. The normalized spacial score (nSPS) is 11.4. The summed E-state index contributed by atoms with van der Waals surface area (Å²) in [7, 11) is -3.49. The van der Waals surface area contributed by atoms with Crippen LogP contribution in [0.5, 0.6) is 0 Å². The molecule has 0 aromatic heterocycles. The molecule has 20 heavy (non-hydrogen) atoms. The average molecular weight is 294 g/mol. The van der Waals surface area contributed by atoms with Crippen LogP contribution in [0.1, 0.15) is 11.1 Å². The lowest BCUT2D eigenvalue weighted by molar-refractivity contribution is 0.580. The number of para-hydroxylation sites is 1. The molecule has 0 atom stereocenters. The van der Waals surface area contributed by atoms with Gasteiger partial charge < -0.3 is 5.73 Å². The molecule has 0 bridgehead atoms. The fourth-order valence-electron chi connectivity index (χ4n) is 1.72. The van der Waals surface area contributed by atoms with Gasteiger partial charge in [0.2, 0.25) is 10.0 Å². The van der Waals surface area contributed by atoms with Gasteiger partial charge >= 0.3 is 0 Å². The molecule has 0 aliphatic carbocycles. The minimum atomic E-state index is -3.49. The second-order valence-corrected chi connectivity index (χ2v) is 6.21. The Morgan fingerprint density at radius 1 is 1.05 bits per heavy atom. The number of nitrogen functional groups attached to an aromatic ring is 1. The maximum absolute atomic E-state index is 12.7. The number of halogens is 1. The van der Waals surface area contributed by atoms with Crippen molar-refractivity contribution in [3.63, 3.8) is 0 Å². The van der Waals surface area contributed by atoms with Gasteiger partial charge in [-0.2, -0.15) is 0 Å². The van der Waals surface area contributed by atoms with Crippen molar-refractivity contribution in [2.24, 2.45) is 0 Å². The van der Waals surface area contributed by atoms with Gasteiger partial charge in [-0.25, -0.2) is 17.5 Å². The highest BCUT2D eigenvalue weighted by atomic mass is 32.2. The molecule has 0 fully saturated rings. The first-order valence-corrected chi connectivity index (χ1v) is 7.67. The van der Waals surface area contributed by atoms with Crippen LogP contribution in [0.4, 0.5) is 10.1 Å². The Labute approximate surface area is 117 Å². The van der Waals surface area contributed by atoms with Crippen molar-refractivity contribution in [1.29, 1.82) is 0 Å². The van der Waals surface area contributed by atoms with Crippen molar-refractivity contribution >= 4 is 15.7 Å². The van der Waals surface area contributed by atoms with Crippen LogP contribution in [0, 0.1) is 5.82 Å². The minimum Gasteiger partial charge on any atom is -0.398 e. The monoisotopic (exact) mass is 294 g/mol. The summed E-state index contributed by atoms with van der Waals surface area (Å²) in [5.74, 6) is -0.533. The lowest BCUT2D eigenvalue weighted by Crippen LogP contribution is -2.25. The van der Waals surface area contributed by atoms with Gasteiger partial charge in [-0.1, -0.05) is 30.3 Å². The van der Waals surface area contributed by atoms with E-state index in [4.69, 9.17) is 5.73 Å². The summed E-state index contributed by atoms with van der Waals surface area (Å²) in [6.07, 6.45) is 0. The molecule has 0 radical (unpaired) electrons. The van der Waals surface area contributed by atoms with E-state index in [-0.39, 0.29) is 18.1 Å². The molecule has 2 rings (SSSR count). The summed E-state index contributed by atoms with van der Waals surface area (Å²) in [5.41, 5.74) is 7.41. The number of benzene rings is 2. The van der Waals surface area contributed by atoms with Gasteiger partial charge in [0.25, 0.3) is 0 Å². The third kappa shape index (κ3) is 4.04. The zero-order valence-corrected chi connectivity index (χ0v) is 11.5. The van der Waals surface area contributed by atoms with Crippen molar-refractivity contribution < 1.29 is 12.8 Å². The Kier molecular flexibility index (Phi) is 4.36. The molecular weight excluding hydrogens is 279 g/mol. The van der Waals surface area contributed by atoms with Gasteiger partial charge in [-0.3, -0.25) is 0 Å². The van der Waals surface area contributed by atoms with Crippen LogP contribution < -0.4 is 10.5 Å². The van der Waals surface area contributed by atoms with Gasteiger partial charge in [0, 0.05) is 12.2 Å². The Balaban J connectivity index is 2.01. The zero-order valence-electron chi connectivity index (χ0n) is 10.7. The first kappa shape index (κ1) is 14.5. The van der Waals surface area contributed by atoms with Gasteiger partial charge in [-0.15, -0.1) is 0 Å². The summed E-state index contributed by atoms with van der Waals surface area (Å²) < 4.78 is 39.1. The molecule has 4 nitrogen and oxygen atoms in total. The largest absolute Gasteiger partial charge is 0.398 e. The lowest BCUT2D eigenvalue weighted by Gasteiger charge is -2.08. The average Bonchev–Trinajstić information content (AvgIpc) is 2.41. The van der Waals surface area contributed by atoms with E-state index in [1.54, 1.807) is 24.3 Å². The number of nitrogens with two attached hydrogens (primary N) is 1. The van der Waals surface area contributed by atoms with Crippen molar-refractivity contribution in [2.75, 3.05) is 5.73 Å². The smallest absolute Gasteiger partial charge is 0.216 e. The topological polar surface area (TPSA) is 72.2 Å². The van der Waals surface area contributed by atoms with E-state index in [1.165, 1.54) is 24.3 Å². The van der Waals surface area contributed by atoms with Crippen molar-refractivity contribution in [1.82, 2.24) is 4.72 Å². The quantitative estimate of drug-likeness (QED) is 0.829. The molecule has 3 N–H and O–H groups in total. The Hall–Kier alpha value is -1.92. The highest BCUT2D eigenvalue weighted by Gasteiger charge is 2.12. The molecule has 0 saturated carbocycles. The van der Waals surface area contributed by atoms with Crippen molar-refractivity contribution in [3.8, 4) is 0 Å². The Morgan fingerprint density at radius 3 is 2.35 bits per heavy atom. The third-order valence-corrected chi connectivity index (χ3v) is 4.09. The highest BCUT2D eigenvalue weighted by Crippen LogP contribution is 2.13. The summed E-state index contributed by atoms with van der Waals surface area (Å²) >= 11 is 0. The first-order chi connectivity index (χ1) is 9.46. The molecule has 2 aromatic rings. The number of hydrogen-bond acceptors (Lipinski definition) is 3. The van der Waals surface area contributed by atoms with Gasteiger partial charge in [-0.05, 0) is 29.3 Å². The molecule has 106 valence electrons. The van der Waals surface area contributed by atoms with Gasteiger partial charge in [0.1, 0.15) is 5.82 Å². The maximum atomic E-state index is 12.7. The Morgan fingerprint density at radius 2 is 1.70 bits per heavy atom. The summed E-state index contributed by atoms with van der Waals surface area (Å²) in [6, 6.07) is 12.5. The predicted molar refractivity (Wildman–Crippen MR) is 76.7 cm³/mol. The molecule has 2 aromatic carbocycles. The molecule has 0 aliphatic heterocycles. The molecule has 6 heteroatoms. The number of hydrogen-bond donors (Lipinski definition) is 2. The number of anilines is 1. The van der Waals surface area contributed by atoms with Crippen LogP contribution in [-0.2, 0) is 22.3 Å². The number of sulfonamides is 1. The zero-order chi connectivity index (χ0) is 14.6. The molecule has 0 saturated heterocycles. The molecular formula is C14H15FN2O2S. The van der Waals surface area contributed by atoms with Crippen LogP contribution in [0.3, 0.4) is 0 Å². The SMILES string of the molecule is Nc1ccccc1CS(=O)(=O)NCc1ccc(F)cc1. The summed E-state index contributed by atoms with van der Waals surface area (Å²) in [6.45, 7) is 0.120. The second kappa shape index (κ2) is 6.02. The Bertz CT molecular complexity index is 685. The van der Waals surface area contributed by atoms with Crippen LogP contribution in [0.15, 0.2) is 48.5 Å². The molecule has 0 spiro atoms. The summed E-state index contributed by atoms with van der Waals surface area (Å²) in [4.78, 5) is 0. The van der Waals surface area contributed by atoms with Crippen LogP contribution in [0.25, 0.3) is 0 Å². The second-order valence-electron chi connectivity index (χ2n) is 4.41. The fraction of sp³-hybridized carbons (Fsp3) is 0.143. The molecule has 0 aliphatic rings. The van der Waals surface area contributed by atoms with E-state index < -0.39 is 10.0 Å². The van der Waals surface area contributed by atoms with Gasteiger partial charge in [0.05, 0.1) is 5.75 Å². The minimum absolute atomic E-state index is 0.120. The molecule has 0 heterocycles. The molecule has 0 amide bonds. The fourth-order valence-corrected chi connectivity index (χ4v) is 2.88. The van der Waals surface area contributed by atoms with Crippen LogP contribution >= 0.6 is 0 Å². The van der Waals surface area contributed by atoms with E-state index in [2.05, 4.69) is 4.72 Å². The number of rotatable bonds is 5. The van der Waals surface area contributed by atoms with Gasteiger partial charge in [0.15, 0.2) is 0 Å². The van der Waals surface area contributed by atoms with Crippen LogP contribution in [-0.4, -0.2) is 8.42 Å². The first-order valence-electron chi connectivity index (χ1n) is 6.01. The standard InChI is InChI=1S/C14H15FN2O2S/c15-13-7-5-11(6-8-13)9-17-20(18,19)10-12-3-1-2-4-14(12)16/h1-8,17H,9-10,16H2. The summed E-state index contributed by atoms with van der Waals surface area (Å²) in [5, 5.41) is 0. The van der Waals surface area contributed by atoms with E-state index in [0.29, 0.717) is 16.8 Å².